The minimum atomic E-state index is -5.69. The number of aryl methyl sites for hydroxylation is 1. The minimum Gasteiger partial charge on any atom is -0.360 e. The molecule has 0 aliphatic rings. The van der Waals surface area contributed by atoms with E-state index in [0.29, 0.717) is 11.1 Å². The fraction of sp³-hybridized carbons (Fsp3) is 0.308. The lowest BCUT2D eigenvalue weighted by atomic mass is 9.94. The minimum absolute atomic E-state index is 0.0704. The quantitative estimate of drug-likeness (QED) is 0.647. The number of hydrogen-bond acceptors (Lipinski definition) is 1. The molecule has 0 atom stereocenters. The Morgan fingerprint density at radius 1 is 1.10 bits per heavy atom. The second kappa shape index (κ2) is 4.78. The Bertz CT molecular complexity index is 668. The standard InChI is InChI=1S/C13H9F6NO/c1-6-3-2-4-8-9(6)7(5-20-8)10(21)11(12(14,15)16)13(17,18)19/h2-5,11,20H,1H3. The highest BCUT2D eigenvalue weighted by Gasteiger charge is 2.61. The number of aromatic nitrogens is 1. The number of hydrogen-bond donors (Lipinski definition) is 1. The van der Waals surface area contributed by atoms with Crippen molar-refractivity contribution in [1.82, 2.24) is 4.98 Å². The first-order valence-electron chi connectivity index (χ1n) is 5.78. The Morgan fingerprint density at radius 3 is 2.19 bits per heavy atom. The van der Waals surface area contributed by atoms with Crippen molar-refractivity contribution in [3.8, 4) is 0 Å². The van der Waals surface area contributed by atoms with Crippen LogP contribution in [-0.4, -0.2) is 23.1 Å². The van der Waals surface area contributed by atoms with Crippen LogP contribution in [0.5, 0.6) is 0 Å². The molecule has 2 rings (SSSR count). The van der Waals surface area contributed by atoms with Crippen molar-refractivity contribution in [2.24, 2.45) is 5.92 Å². The zero-order valence-corrected chi connectivity index (χ0v) is 10.6. The van der Waals surface area contributed by atoms with Gasteiger partial charge in [-0.3, -0.25) is 4.79 Å². The summed E-state index contributed by atoms with van der Waals surface area (Å²) in [6.45, 7) is 1.50. The predicted molar refractivity (Wildman–Crippen MR) is 63.0 cm³/mol. The van der Waals surface area contributed by atoms with E-state index in [-0.39, 0.29) is 5.39 Å². The van der Waals surface area contributed by atoms with Crippen molar-refractivity contribution >= 4 is 16.7 Å². The third-order valence-corrected chi connectivity index (χ3v) is 3.10. The number of fused-ring (bicyclic) bond motifs is 1. The fourth-order valence-electron chi connectivity index (χ4n) is 2.20. The highest BCUT2D eigenvalue weighted by atomic mass is 19.4. The van der Waals surface area contributed by atoms with Crippen molar-refractivity contribution in [3.05, 3.63) is 35.5 Å². The number of rotatable bonds is 2. The number of Topliss-reactive ketones (excluding diaryl/α,β-unsaturated/α-hetero) is 1. The van der Waals surface area contributed by atoms with Gasteiger partial charge in [-0.2, -0.15) is 26.3 Å². The van der Waals surface area contributed by atoms with Gasteiger partial charge in [0.25, 0.3) is 0 Å². The molecule has 1 aromatic heterocycles. The number of nitrogens with one attached hydrogen (secondary N) is 1. The molecule has 0 unspecified atom stereocenters. The Hall–Kier alpha value is -1.99. The molecule has 0 radical (unpaired) electrons. The largest absolute Gasteiger partial charge is 0.407 e. The molecule has 114 valence electrons. The molecule has 0 aliphatic heterocycles. The number of benzene rings is 1. The maximum Gasteiger partial charge on any atom is 0.407 e. The molecule has 0 spiro atoms. The SMILES string of the molecule is Cc1cccc2[nH]cc(C(=O)C(C(F)(F)F)C(F)(F)F)c12. The lowest BCUT2D eigenvalue weighted by molar-refractivity contribution is -0.264. The lowest BCUT2D eigenvalue weighted by Gasteiger charge is -2.21. The van der Waals surface area contributed by atoms with E-state index in [2.05, 4.69) is 4.98 Å². The molecular weight excluding hydrogens is 300 g/mol. The number of halogens is 6. The summed E-state index contributed by atoms with van der Waals surface area (Å²) in [5.74, 6) is -6.03. The zero-order valence-electron chi connectivity index (χ0n) is 10.6. The van der Waals surface area contributed by atoms with E-state index in [1.807, 2.05) is 0 Å². The van der Waals surface area contributed by atoms with E-state index in [1.54, 1.807) is 6.07 Å². The molecule has 8 heteroatoms. The van der Waals surface area contributed by atoms with Gasteiger partial charge < -0.3 is 4.98 Å². The summed E-state index contributed by atoms with van der Waals surface area (Å²) in [4.78, 5) is 14.3. The summed E-state index contributed by atoms with van der Waals surface area (Å²) < 4.78 is 75.6. The van der Waals surface area contributed by atoms with Crippen LogP contribution >= 0.6 is 0 Å². The predicted octanol–water partition coefficient (Wildman–Crippen LogP) is 4.40. The van der Waals surface area contributed by atoms with E-state index in [1.165, 1.54) is 19.1 Å². The van der Waals surface area contributed by atoms with Crippen LogP contribution in [0, 0.1) is 12.8 Å². The van der Waals surface area contributed by atoms with Crippen LogP contribution in [0.25, 0.3) is 10.9 Å². The first-order valence-corrected chi connectivity index (χ1v) is 5.78. The average Bonchev–Trinajstić information content (AvgIpc) is 2.69. The average molecular weight is 309 g/mol. The Kier molecular flexibility index (Phi) is 3.51. The number of alkyl halides is 6. The summed E-state index contributed by atoms with van der Waals surface area (Å²) in [6.07, 6.45) is -10.5. The molecule has 21 heavy (non-hydrogen) atoms. The molecule has 0 amide bonds. The van der Waals surface area contributed by atoms with Gasteiger partial charge in [0.1, 0.15) is 0 Å². The lowest BCUT2D eigenvalue weighted by Crippen LogP contribution is -2.42. The summed E-state index contributed by atoms with van der Waals surface area (Å²) >= 11 is 0. The van der Waals surface area contributed by atoms with Gasteiger partial charge >= 0.3 is 12.4 Å². The number of H-pyrrole nitrogens is 1. The second-order valence-electron chi connectivity index (χ2n) is 4.58. The molecular formula is C13H9F6NO. The van der Waals surface area contributed by atoms with Crippen molar-refractivity contribution in [2.45, 2.75) is 19.3 Å². The van der Waals surface area contributed by atoms with Gasteiger partial charge in [-0.15, -0.1) is 0 Å². The maximum absolute atomic E-state index is 12.6. The maximum atomic E-state index is 12.6. The fourth-order valence-corrected chi connectivity index (χ4v) is 2.20. The summed E-state index contributed by atoms with van der Waals surface area (Å²) in [6, 6.07) is 4.55. The Labute approximate surface area is 114 Å². The monoisotopic (exact) mass is 309 g/mol. The molecule has 0 aliphatic carbocycles. The van der Waals surface area contributed by atoms with Crippen LogP contribution in [0.4, 0.5) is 26.3 Å². The summed E-state index contributed by atoms with van der Waals surface area (Å²) in [7, 11) is 0. The van der Waals surface area contributed by atoms with Gasteiger partial charge in [0.2, 0.25) is 5.92 Å². The number of carbonyl (C=O) groups excluding carboxylic acids is 1. The van der Waals surface area contributed by atoms with Crippen LogP contribution in [0.3, 0.4) is 0 Å². The van der Waals surface area contributed by atoms with Crippen molar-refractivity contribution in [1.29, 1.82) is 0 Å². The van der Waals surface area contributed by atoms with Crippen molar-refractivity contribution in [2.75, 3.05) is 0 Å². The molecule has 2 aromatic rings. The van der Waals surface area contributed by atoms with Gasteiger partial charge in [-0.25, -0.2) is 0 Å². The first-order chi connectivity index (χ1) is 9.53. The summed E-state index contributed by atoms with van der Waals surface area (Å²) in [5.41, 5.74) is 0.115. The second-order valence-corrected chi connectivity index (χ2v) is 4.58. The van der Waals surface area contributed by atoms with Crippen molar-refractivity contribution < 1.29 is 31.1 Å². The molecule has 0 fully saturated rings. The third kappa shape index (κ3) is 2.74. The van der Waals surface area contributed by atoms with Crippen molar-refractivity contribution in [3.63, 3.8) is 0 Å². The molecule has 0 saturated heterocycles. The number of ketones is 1. The van der Waals surface area contributed by atoms with Crippen LogP contribution in [0.2, 0.25) is 0 Å². The van der Waals surface area contributed by atoms with Gasteiger partial charge in [-0.05, 0) is 18.6 Å². The van der Waals surface area contributed by atoms with Crippen LogP contribution in [0.15, 0.2) is 24.4 Å². The Morgan fingerprint density at radius 2 is 1.67 bits per heavy atom. The molecule has 1 heterocycles. The van der Waals surface area contributed by atoms with Gasteiger partial charge in [-0.1, -0.05) is 12.1 Å². The van der Waals surface area contributed by atoms with E-state index >= 15 is 0 Å². The summed E-state index contributed by atoms with van der Waals surface area (Å²) in [5, 5.41) is 0.0704. The van der Waals surface area contributed by atoms with Crippen LogP contribution < -0.4 is 0 Å². The molecule has 2 nitrogen and oxygen atoms in total. The normalized spacial score (nSPS) is 13.1. The first kappa shape index (κ1) is 15.4. The van der Waals surface area contributed by atoms with E-state index < -0.39 is 29.6 Å². The molecule has 0 bridgehead atoms. The molecule has 0 saturated carbocycles. The molecule has 1 aromatic carbocycles. The topological polar surface area (TPSA) is 32.9 Å². The zero-order chi connectivity index (χ0) is 16.0. The van der Waals surface area contributed by atoms with Gasteiger partial charge in [0.05, 0.1) is 0 Å². The van der Waals surface area contributed by atoms with Gasteiger partial charge in [0, 0.05) is 22.7 Å². The van der Waals surface area contributed by atoms with Crippen LogP contribution in [-0.2, 0) is 0 Å². The smallest absolute Gasteiger partial charge is 0.360 e. The van der Waals surface area contributed by atoms with Crippen LogP contribution in [0.1, 0.15) is 15.9 Å². The highest BCUT2D eigenvalue weighted by Crippen LogP contribution is 2.42. The molecule has 1 N–H and O–H groups in total. The van der Waals surface area contributed by atoms with E-state index in [4.69, 9.17) is 0 Å². The third-order valence-electron chi connectivity index (χ3n) is 3.10. The Balaban J connectivity index is 2.60. The number of aromatic amines is 1. The number of carbonyl (C=O) groups is 1. The van der Waals surface area contributed by atoms with E-state index in [9.17, 15) is 31.1 Å². The van der Waals surface area contributed by atoms with Gasteiger partial charge in [0.15, 0.2) is 5.78 Å². The highest BCUT2D eigenvalue weighted by molar-refractivity contribution is 6.10. The van der Waals surface area contributed by atoms with E-state index in [0.717, 1.165) is 6.20 Å².